The fourth-order valence-electron chi connectivity index (χ4n) is 1.83. The van der Waals surface area contributed by atoms with E-state index in [1.165, 1.54) is 0 Å². The molecule has 1 aromatic rings. The van der Waals surface area contributed by atoms with E-state index in [1.54, 1.807) is 6.07 Å². The molecule has 3 nitrogen and oxygen atoms in total. The molecule has 15 heavy (non-hydrogen) atoms. The van der Waals surface area contributed by atoms with E-state index in [9.17, 15) is 9.59 Å². The summed E-state index contributed by atoms with van der Waals surface area (Å²) in [6.45, 7) is 1.81. The lowest BCUT2D eigenvalue weighted by molar-refractivity contribution is -0.119. The molecule has 0 saturated carbocycles. The topological polar surface area (TPSA) is 46.2 Å². The number of para-hydroxylation sites is 1. The van der Waals surface area contributed by atoms with Crippen molar-refractivity contribution in [3.8, 4) is 0 Å². The zero-order valence-corrected chi connectivity index (χ0v) is 8.62. The van der Waals surface area contributed by atoms with Gasteiger partial charge in [-0.15, -0.1) is 0 Å². The number of hydrogen-bond acceptors (Lipinski definition) is 3. The maximum Gasteiger partial charge on any atom is 0.167 e. The summed E-state index contributed by atoms with van der Waals surface area (Å²) in [4.78, 5) is 23.2. The van der Waals surface area contributed by atoms with Gasteiger partial charge >= 0.3 is 0 Å². The van der Waals surface area contributed by atoms with E-state index in [0.29, 0.717) is 12.0 Å². The van der Waals surface area contributed by atoms with Gasteiger partial charge in [-0.3, -0.25) is 9.59 Å². The van der Waals surface area contributed by atoms with Gasteiger partial charge in [0.05, 0.1) is 6.04 Å². The normalized spacial score (nSPS) is 19.3. The molecule has 0 aliphatic carbocycles. The third-order valence-electron chi connectivity index (χ3n) is 2.68. The maximum absolute atomic E-state index is 11.7. The molecule has 0 radical (unpaired) electrons. The first-order valence-electron chi connectivity index (χ1n) is 5.14. The Labute approximate surface area is 88.5 Å². The van der Waals surface area contributed by atoms with Crippen LogP contribution in [-0.2, 0) is 4.79 Å². The van der Waals surface area contributed by atoms with Gasteiger partial charge in [0.25, 0.3) is 0 Å². The molecule has 1 heterocycles. The second kappa shape index (κ2) is 3.85. The minimum atomic E-state index is -0.336. The van der Waals surface area contributed by atoms with Crippen molar-refractivity contribution in [2.45, 2.75) is 25.8 Å². The van der Waals surface area contributed by atoms with Crippen molar-refractivity contribution in [2.24, 2.45) is 0 Å². The molecule has 3 heteroatoms. The van der Waals surface area contributed by atoms with Gasteiger partial charge in [0.1, 0.15) is 0 Å². The van der Waals surface area contributed by atoms with Crippen molar-refractivity contribution in [1.82, 2.24) is 0 Å². The Morgan fingerprint density at radius 2 is 2.20 bits per heavy atom. The fourth-order valence-corrected chi connectivity index (χ4v) is 1.83. The number of Topliss-reactive ketones (excluding diaryl/α,β-unsaturated/α-hetero) is 2. The number of anilines is 1. The zero-order chi connectivity index (χ0) is 10.8. The molecule has 0 fully saturated rings. The van der Waals surface area contributed by atoms with Crippen LogP contribution in [0.25, 0.3) is 0 Å². The summed E-state index contributed by atoms with van der Waals surface area (Å²) in [6, 6.07) is 6.98. The third kappa shape index (κ3) is 1.77. The van der Waals surface area contributed by atoms with Gasteiger partial charge in [0, 0.05) is 24.1 Å². The standard InChI is InChI=1S/C12H13NO2/c1-2-11(14)10-7-12(15)8-5-3-4-6-9(8)13-10/h3-6,10,13H,2,7H2,1H3. The number of ketones is 2. The number of rotatable bonds is 2. The lowest BCUT2D eigenvalue weighted by Gasteiger charge is -2.24. The lowest BCUT2D eigenvalue weighted by atomic mass is 9.94. The monoisotopic (exact) mass is 203 g/mol. The molecule has 0 bridgehead atoms. The average molecular weight is 203 g/mol. The first-order valence-corrected chi connectivity index (χ1v) is 5.14. The number of nitrogens with one attached hydrogen (secondary N) is 1. The molecule has 0 amide bonds. The highest BCUT2D eigenvalue weighted by atomic mass is 16.1. The van der Waals surface area contributed by atoms with E-state index in [4.69, 9.17) is 0 Å². The minimum Gasteiger partial charge on any atom is -0.374 e. The van der Waals surface area contributed by atoms with Crippen LogP contribution in [0.5, 0.6) is 0 Å². The Morgan fingerprint density at radius 3 is 2.93 bits per heavy atom. The Kier molecular flexibility index (Phi) is 2.54. The smallest absolute Gasteiger partial charge is 0.167 e. The molecule has 0 saturated heterocycles. The molecule has 1 aliphatic heterocycles. The van der Waals surface area contributed by atoms with Crippen LogP contribution in [0.2, 0.25) is 0 Å². The van der Waals surface area contributed by atoms with Gasteiger partial charge in [0.15, 0.2) is 11.6 Å². The molecule has 1 aliphatic rings. The molecule has 0 aromatic heterocycles. The van der Waals surface area contributed by atoms with Crippen molar-refractivity contribution >= 4 is 17.3 Å². The number of fused-ring (bicyclic) bond motifs is 1. The second-order valence-electron chi connectivity index (χ2n) is 3.69. The summed E-state index contributed by atoms with van der Waals surface area (Å²) in [5.74, 6) is 0.147. The van der Waals surface area contributed by atoms with Gasteiger partial charge in [-0.1, -0.05) is 19.1 Å². The van der Waals surface area contributed by atoms with Crippen LogP contribution in [0.3, 0.4) is 0 Å². The highest BCUT2D eigenvalue weighted by Crippen LogP contribution is 2.24. The van der Waals surface area contributed by atoms with E-state index < -0.39 is 0 Å². The highest BCUT2D eigenvalue weighted by molar-refractivity contribution is 6.07. The fraction of sp³-hybridized carbons (Fsp3) is 0.333. The Balaban J connectivity index is 2.30. The summed E-state index contributed by atoms with van der Waals surface area (Å²) in [6.07, 6.45) is 0.747. The SMILES string of the molecule is CCC(=O)C1CC(=O)c2ccccc2N1. The van der Waals surface area contributed by atoms with Crippen LogP contribution in [0.1, 0.15) is 30.1 Å². The predicted octanol–water partition coefficient (Wildman–Crippen LogP) is 2.03. The molecular formula is C12H13NO2. The number of carbonyl (C=O) groups is 2. The summed E-state index contributed by atoms with van der Waals surface area (Å²) in [5.41, 5.74) is 1.47. The molecule has 1 aromatic carbocycles. The Hall–Kier alpha value is -1.64. The van der Waals surface area contributed by atoms with Crippen LogP contribution >= 0.6 is 0 Å². The molecular weight excluding hydrogens is 190 g/mol. The zero-order valence-electron chi connectivity index (χ0n) is 8.62. The third-order valence-corrected chi connectivity index (χ3v) is 2.68. The summed E-state index contributed by atoms with van der Waals surface area (Å²) in [7, 11) is 0. The minimum absolute atomic E-state index is 0.0520. The lowest BCUT2D eigenvalue weighted by Crippen LogP contribution is -2.35. The maximum atomic E-state index is 11.7. The number of carbonyl (C=O) groups excluding carboxylic acids is 2. The summed E-state index contributed by atoms with van der Waals surface area (Å²) >= 11 is 0. The molecule has 2 rings (SSSR count). The van der Waals surface area contributed by atoms with Gasteiger partial charge < -0.3 is 5.32 Å². The van der Waals surface area contributed by atoms with Crippen LogP contribution in [-0.4, -0.2) is 17.6 Å². The largest absolute Gasteiger partial charge is 0.374 e. The molecule has 1 atom stereocenters. The molecule has 0 spiro atoms. The first-order chi connectivity index (χ1) is 7.22. The van der Waals surface area contributed by atoms with Gasteiger partial charge in [0.2, 0.25) is 0 Å². The number of hydrogen-bond donors (Lipinski definition) is 1. The van der Waals surface area contributed by atoms with E-state index in [2.05, 4.69) is 5.32 Å². The molecule has 1 N–H and O–H groups in total. The van der Waals surface area contributed by atoms with Crippen molar-refractivity contribution in [3.63, 3.8) is 0 Å². The summed E-state index contributed by atoms with van der Waals surface area (Å²) in [5, 5.41) is 3.11. The first kappa shape index (κ1) is 9.90. The van der Waals surface area contributed by atoms with Crippen molar-refractivity contribution in [3.05, 3.63) is 29.8 Å². The predicted molar refractivity (Wildman–Crippen MR) is 58.1 cm³/mol. The van der Waals surface area contributed by atoms with Crippen LogP contribution in [0.4, 0.5) is 5.69 Å². The second-order valence-corrected chi connectivity index (χ2v) is 3.69. The van der Waals surface area contributed by atoms with Gasteiger partial charge in [-0.05, 0) is 12.1 Å². The van der Waals surface area contributed by atoms with Crippen molar-refractivity contribution in [2.75, 3.05) is 5.32 Å². The van der Waals surface area contributed by atoms with Crippen LogP contribution in [0.15, 0.2) is 24.3 Å². The van der Waals surface area contributed by atoms with E-state index in [1.807, 2.05) is 25.1 Å². The van der Waals surface area contributed by atoms with Crippen LogP contribution < -0.4 is 5.32 Å². The van der Waals surface area contributed by atoms with Gasteiger partial charge in [-0.2, -0.15) is 0 Å². The van der Waals surface area contributed by atoms with E-state index in [-0.39, 0.29) is 24.0 Å². The van der Waals surface area contributed by atoms with E-state index in [0.717, 1.165) is 5.69 Å². The Bertz CT molecular complexity index is 412. The van der Waals surface area contributed by atoms with Gasteiger partial charge in [-0.25, -0.2) is 0 Å². The van der Waals surface area contributed by atoms with Crippen molar-refractivity contribution < 1.29 is 9.59 Å². The molecule has 1 unspecified atom stereocenters. The quantitative estimate of drug-likeness (QED) is 0.800. The molecule has 78 valence electrons. The Morgan fingerprint density at radius 1 is 1.47 bits per heavy atom. The summed E-state index contributed by atoms with van der Waals surface area (Å²) < 4.78 is 0. The van der Waals surface area contributed by atoms with E-state index >= 15 is 0 Å². The number of benzene rings is 1. The van der Waals surface area contributed by atoms with Crippen LogP contribution in [0, 0.1) is 0 Å². The highest BCUT2D eigenvalue weighted by Gasteiger charge is 2.27. The average Bonchev–Trinajstić information content (AvgIpc) is 2.28. The van der Waals surface area contributed by atoms with Crippen molar-refractivity contribution in [1.29, 1.82) is 0 Å².